The highest BCUT2D eigenvalue weighted by atomic mass is 28.4. The van der Waals surface area contributed by atoms with Gasteiger partial charge in [0.2, 0.25) is 8.32 Å². The summed E-state index contributed by atoms with van der Waals surface area (Å²) < 4.78 is 5.80. The van der Waals surface area contributed by atoms with Crippen LogP contribution in [0.5, 0.6) is 0 Å². The van der Waals surface area contributed by atoms with Gasteiger partial charge < -0.3 is 9.63 Å². The molecule has 0 aliphatic heterocycles. The van der Waals surface area contributed by atoms with Crippen LogP contribution in [-0.4, -0.2) is 25.4 Å². The van der Waals surface area contributed by atoms with E-state index < -0.39 is 20.3 Å². The Morgan fingerprint density at radius 1 is 1.30 bits per heavy atom. The van der Waals surface area contributed by atoms with Crippen LogP contribution < -0.4 is 5.48 Å². The highest BCUT2D eigenvalue weighted by Gasteiger charge is 2.39. The molecule has 0 aliphatic carbocycles. The molecule has 4 nitrogen and oxygen atoms in total. The van der Waals surface area contributed by atoms with Gasteiger partial charge in [0.25, 0.3) is 0 Å². The van der Waals surface area contributed by atoms with Crippen LogP contribution >= 0.6 is 0 Å². The molecular formula is C15H25NO3Si. The summed E-state index contributed by atoms with van der Waals surface area (Å²) in [6.07, 6.45) is 0.408. The van der Waals surface area contributed by atoms with Gasteiger partial charge in [-0.2, -0.15) is 5.48 Å². The van der Waals surface area contributed by atoms with Crippen LogP contribution in [0.25, 0.3) is 0 Å². The standard InChI is InChI=1S/C15H25NO3Si/c1-15(2,3)20(4,5)19-16-13(14(17)18)11-12-9-7-6-8-10-12/h6-10,13,16H,11H2,1-5H3,(H,17,18)/t13-/m0/s1. The smallest absolute Gasteiger partial charge is 0.323 e. The van der Waals surface area contributed by atoms with E-state index in [4.69, 9.17) is 4.53 Å². The fourth-order valence-corrected chi connectivity index (χ4v) is 2.14. The van der Waals surface area contributed by atoms with E-state index in [0.717, 1.165) is 5.56 Å². The molecule has 0 saturated carbocycles. The van der Waals surface area contributed by atoms with Crippen LogP contribution in [0.4, 0.5) is 0 Å². The van der Waals surface area contributed by atoms with E-state index >= 15 is 0 Å². The lowest BCUT2D eigenvalue weighted by Crippen LogP contribution is -2.50. The number of carboxylic acids is 1. The second kappa shape index (κ2) is 6.52. The van der Waals surface area contributed by atoms with Crippen LogP contribution in [0.2, 0.25) is 18.1 Å². The molecule has 0 aromatic heterocycles. The zero-order valence-corrected chi connectivity index (χ0v) is 13.9. The van der Waals surface area contributed by atoms with Crippen molar-refractivity contribution < 1.29 is 14.4 Å². The van der Waals surface area contributed by atoms with E-state index in [2.05, 4.69) is 39.3 Å². The number of carbonyl (C=O) groups is 1. The van der Waals surface area contributed by atoms with Crippen molar-refractivity contribution in [2.24, 2.45) is 0 Å². The Bertz CT molecular complexity index is 440. The fraction of sp³-hybridized carbons (Fsp3) is 0.533. The Morgan fingerprint density at radius 2 is 1.85 bits per heavy atom. The molecule has 0 unspecified atom stereocenters. The molecule has 1 aromatic carbocycles. The van der Waals surface area contributed by atoms with Crippen molar-refractivity contribution in [3.8, 4) is 0 Å². The number of aliphatic carboxylic acids is 1. The number of nitrogens with one attached hydrogen (secondary N) is 1. The summed E-state index contributed by atoms with van der Waals surface area (Å²) in [5.74, 6) is -0.896. The molecule has 2 N–H and O–H groups in total. The van der Waals surface area contributed by atoms with E-state index in [9.17, 15) is 9.90 Å². The highest BCUT2D eigenvalue weighted by molar-refractivity contribution is 6.74. The number of hydrogen-bond acceptors (Lipinski definition) is 3. The summed E-state index contributed by atoms with van der Waals surface area (Å²) >= 11 is 0. The number of carboxylic acid groups (broad SMARTS) is 1. The maximum atomic E-state index is 11.3. The van der Waals surface area contributed by atoms with Crippen LogP contribution in [0.15, 0.2) is 30.3 Å². The minimum Gasteiger partial charge on any atom is -0.480 e. The monoisotopic (exact) mass is 295 g/mol. The molecule has 0 bridgehead atoms. The van der Waals surface area contributed by atoms with Gasteiger partial charge in [-0.15, -0.1) is 0 Å². The quantitative estimate of drug-likeness (QED) is 0.625. The van der Waals surface area contributed by atoms with Crippen LogP contribution in [0.1, 0.15) is 26.3 Å². The normalized spacial score (nSPS) is 14.1. The van der Waals surface area contributed by atoms with Gasteiger partial charge >= 0.3 is 5.97 Å². The average Bonchev–Trinajstić information content (AvgIpc) is 2.34. The SMILES string of the molecule is CC(C)(C)[Si](C)(C)ON[C@@H](Cc1ccccc1)C(=O)O. The Labute approximate surface area is 122 Å². The summed E-state index contributed by atoms with van der Waals surface area (Å²) in [6, 6.07) is 8.84. The van der Waals surface area contributed by atoms with E-state index in [0.29, 0.717) is 6.42 Å². The van der Waals surface area contributed by atoms with E-state index in [1.807, 2.05) is 30.3 Å². The zero-order valence-electron chi connectivity index (χ0n) is 12.9. The first-order valence-electron chi connectivity index (χ1n) is 6.84. The van der Waals surface area contributed by atoms with Crippen LogP contribution in [0.3, 0.4) is 0 Å². The summed E-state index contributed by atoms with van der Waals surface area (Å²) in [5.41, 5.74) is 3.75. The fourth-order valence-electron chi connectivity index (χ4n) is 1.40. The third kappa shape index (κ3) is 4.74. The van der Waals surface area contributed by atoms with Crippen molar-refractivity contribution in [1.29, 1.82) is 0 Å². The van der Waals surface area contributed by atoms with Gasteiger partial charge in [-0.25, -0.2) is 0 Å². The van der Waals surface area contributed by atoms with Crippen molar-refractivity contribution in [2.45, 2.75) is 51.4 Å². The minimum atomic E-state index is -2.01. The molecule has 0 heterocycles. The molecule has 0 amide bonds. The highest BCUT2D eigenvalue weighted by Crippen LogP contribution is 2.35. The lowest BCUT2D eigenvalue weighted by Gasteiger charge is -2.36. The molecule has 1 atom stereocenters. The first-order valence-corrected chi connectivity index (χ1v) is 9.74. The lowest BCUT2D eigenvalue weighted by molar-refractivity contribution is -0.141. The third-order valence-corrected chi connectivity index (χ3v) is 8.08. The molecule has 0 saturated heterocycles. The lowest BCUT2D eigenvalue weighted by atomic mass is 10.1. The summed E-state index contributed by atoms with van der Waals surface area (Å²) in [6.45, 7) is 10.5. The van der Waals surface area contributed by atoms with Gasteiger partial charge in [-0.3, -0.25) is 4.79 Å². The third-order valence-electron chi connectivity index (χ3n) is 3.84. The van der Waals surface area contributed by atoms with Crippen molar-refractivity contribution >= 4 is 14.3 Å². The molecule has 1 rings (SSSR count). The van der Waals surface area contributed by atoms with Gasteiger partial charge in [0.15, 0.2) is 0 Å². The predicted octanol–water partition coefficient (Wildman–Crippen LogP) is 3.21. The molecule has 112 valence electrons. The minimum absolute atomic E-state index is 0.0375. The molecule has 0 aliphatic rings. The van der Waals surface area contributed by atoms with Gasteiger partial charge in [0.05, 0.1) is 0 Å². The Balaban J connectivity index is 2.68. The van der Waals surface area contributed by atoms with Crippen LogP contribution in [0, 0.1) is 0 Å². The first kappa shape index (κ1) is 16.9. The maximum Gasteiger partial charge on any atom is 0.323 e. The van der Waals surface area contributed by atoms with Gasteiger partial charge in [-0.1, -0.05) is 51.1 Å². The maximum absolute atomic E-state index is 11.3. The largest absolute Gasteiger partial charge is 0.480 e. The zero-order chi connectivity index (χ0) is 15.4. The number of rotatable bonds is 6. The molecule has 20 heavy (non-hydrogen) atoms. The van der Waals surface area contributed by atoms with Crippen LogP contribution in [-0.2, 0) is 15.7 Å². The van der Waals surface area contributed by atoms with Gasteiger partial charge in [0, 0.05) is 6.42 Å². The van der Waals surface area contributed by atoms with Crippen molar-refractivity contribution in [2.75, 3.05) is 0 Å². The molecule has 0 fully saturated rings. The molecular weight excluding hydrogens is 270 g/mol. The molecule has 0 spiro atoms. The number of hydrogen-bond donors (Lipinski definition) is 2. The Hall–Kier alpha value is -1.17. The van der Waals surface area contributed by atoms with Crippen molar-refractivity contribution in [3.63, 3.8) is 0 Å². The molecule has 0 radical (unpaired) electrons. The second-order valence-corrected chi connectivity index (χ2v) is 11.3. The van der Waals surface area contributed by atoms with Gasteiger partial charge in [0.1, 0.15) is 6.04 Å². The van der Waals surface area contributed by atoms with E-state index in [-0.39, 0.29) is 5.04 Å². The number of hydroxylamine groups is 1. The summed E-state index contributed by atoms with van der Waals surface area (Å²) in [5, 5.41) is 9.34. The predicted molar refractivity (Wildman–Crippen MR) is 83.0 cm³/mol. The summed E-state index contributed by atoms with van der Waals surface area (Å²) in [4.78, 5) is 11.3. The van der Waals surface area contributed by atoms with E-state index in [1.54, 1.807) is 0 Å². The van der Waals surface area contributed by atoms with Crippen molar-refractivity contribution in [1.82, 2.24) is 5.48 Å². The molecule has 1 aromatic rings. The molecule has 5 heteroatoms. The van der Waals surface area contributed by atoms with Gasteiger partial charge in [-0.05, 0) is 23.7 Å². The number of benzene rings is 1. The van der Waals surface area contributed by atoms with E-state index in [1.165, 1.54) is 0 Å². The summed E-state index contributed by atoms with van der Waals surface area (Å²) in [7, 11) is -2.01. The average molecular weight is 295 g/mol. The first-order chi connectivity index (χ1) is 9.13. The Morgan fingerprint density at radius 3 is 2.30 bits per heavy atom. The second-order valence-electron chi connectivity index (χ2n) is 6.56. The topological polar surface area (TPSA) is 58.6 Å². The Kier molecular flexibility index (Phi) is 5.50. The van der Waals surface area contributed by atoms with Crippen molar-refractivity contribution in [3.05, 3.63) is 35.9 Å².